The molecule has 1 aromatic heterocycles. The number of guanidine groups is 1. The Bertz CT molecular complexity index is 610. The van der Waals surface area contributed by atoms with Crippen molar-refractivity contribution in [2.75, 3.05) is 50.7 Å². The number of hydrogen-bond donors (Lipinski definition) is 1. The number of hydrogen-bond acceptors (Lipinski definition) is 4. The molecule has 1 unspecified atom stereocenters. The number of aliphatic imine (C=N–C) groups is 1. The van der Waals surface area contributed by atoms with Gasteiger partial charge in [-0.05, 0) is 43.7 Å². The second-order valence-electron chi connectivity index (χ2n) is 7.20. The topological polar surface area (TPSA) is 51.2 Å². The third-order valence-electron chi connectivity index (χ3n) is 5.48. The Balaban J connectivity index is 1.52. The highest BCUT2D eigenvalue weighted by molar-refractivity contribution is 7.14. The van der Waals surface area contributed by atoms with Crippen molar-refractivity contribution in [1.29, 1.82) is 0 Å². The highest BCUT2D eigenvalue weighted by Gasteiger charge is 2.26. The summed E-state index contributed by atoms with van der Waals surface area (Å²) in [5.41, 5.74) is 0. The molecule has 7 heteroatoms. The van der Waals surface area contributed by atoms with E-state index in [0.717, 1.165) is 77.5 Å². The maximum atomic E-state index is 12.0. The molecule has 150 valence electrons. The summed E-state index contributed by atoms with van der Waals surface area (Å²) in [6, 6.07) is 4.65. The van der Waals surface area contributed by atoms with Gasteiger partial charge in [-0.15, -0.1) is 11.3 Å². The van der Waals surface area contributed by atoms with E-state index >= 15 is 0 Å². The van der Waals surface area contributed by atoms with Crippen LogP contribution in [-0.4, -0.2) is 73.5 Å². The molecule has 0 bridgehead atoms. The van der Waals surface area contributed by atoms with Gasteiger partial charge in [-0.2, -0.15) is 0 Å². The summed E-state index contributed by atoms with van der Waals surface area (Å²) in [6.45, 7) is 10.9. The molecule has 6 nitrogen and oxygen atoms in total. The number of nitrogens with zero attached hydrogens (tertiary/aromatic N) is 4. The van der Waals surface area contributed by atoms with Crippen molar-refractivity contribution >= 4 is 28.2 Å². The monoisotopic (exact) mass is 391 g/mol. The predicted molar refractivity (Wildman–Crippen MR) is 114 cm³/mol. The minimum absolute atomic E-state index is 0.322. The van der Waals surface area contributed by atoms with E-state index in [2.05, 4.69) is 51.4 Å². The summed E-state index contributed by atoms with van der Waals surface area (Å²) in [6.07, 6.45) is 3.69. The van der Waals surface area contributed by atoms with E-state index in [1.807, 2.05) is 11.3 Å². The van der Waals surface area contributed by atoms with Crippen LogP contribution in [0.25, 0.3) is 0 Å². The van der Waals surface area contributed by atoms with Gasteiger partial charge in [0, 0.05) is 58.3 Å². The highest BCUT2D eigenvalue weighted by atomic mass is 32.1. The number of rotatable bonds is 7. The van der Waals surface area contributed by atoms with Gasteiger partial charge >= 0.3 is 0 Å². The number of amides is 1. The number of likely N-dealkylation sites (tertiary alicyclic amines) is 1. The number of carbonyl (C=O) groups is 1. The summed E-state index contributed by atoms with van der Waals surface area (Å²) < 4.78 is 0. The van der Waals surface area contributed by atoms with Crippen LogP contribution in [0.5, 0.6) is 0 Å². The molecule has 2 aliphatic rings. The van der Waals surface area contributed by atoms with Gasteiger partial charge < -0.3 is 20.0 Å². The summed E-state index contributed by atoms with van der Waals surface area (Å²) >= 11 is 1.81. The average Bonchev–Trinajstić information content (AvgIpc) is 3.37. The molecule has 1 N–H and O–H groups in total. The molecule has 2 aliphatic heterocycles. The fourth-order valence-electron chi connectivity index (χ4n) is 3.97. The Morgan fingerprint density at radius 2 is 2.07 bits per heavy atom. The molecule has 27 heavy (non-hydrogen) atoms. The molecule has 0 saturated carbocycles. The predicted octanol–water partition coefficient (Wildman–Crippen LogP) is 2.63. The van der Waals surface area contributed by atoms with E-state index in [1.165, 1.54) is 5.00 Å². The minimum Gasteiger partial charge on any atom is -0.360 e. The first-order valence-corrected chi connectivity index (χ1v) is 11.2. The Kier molecular flexibility index (Phi) is 7.38. The van der Waals surface area contributed by atoms with Crippen LogP contribution in [0, 0.1) is 0 Å². The lowest BCUT2D eigenvalue weighted by atomic mass is 10.1. The van der Waals surface area contributed by atoms with E-state index in [-0.39, 0.29) is 0 Å². The van der Waals surface area contributed by atoms with Crippen LogP contribution in [0.2, 0.25) is 0 Å². The molecule has 3 heterocycles. The standard InChI is InChI=1S/C20H33N5OS/c1-3-17(25-11-5-7-18(25)26)9-10-22-20(21-4-2)24-14-12-23(13-15-24)19-8-6-16-27-19/h6,8,16-17H,3-5,7,9-15H2,1-2H3,(H,21,22). The zero-order valence-corrected chi connectivity index (χ0v) is 17.5. The van der Waals surface area contributed by atoms with Crippen molar-refractivity contribution in [3.05, 3.63) is 17.5 Å². The van der Waals surface area contributed by atoms with Crippen LogP contribution >= 0.6 is 11.3 Å². The molecule has 1 amide bonds. The number of piperazine rings is 1. The molecule has 0 aromatic carbocycles. The molecule has 1 atom stereocenters. The largest absolute Gasteiger partial charge is 0.360 e. The first-order valence-electron chi connectivity index (χ1n) is 10.3. The summed E-state index contributed by atoms with van der Waals surface area (Å²) in [5, 5.41) is 6.95. The van der Waals surface area contributed by atoms with E-state index < -0.39 is 0 Å². The van der Waals surface area contributed by atoms with E-state index in [9.17, 15) is 4.79 Å². The molecule has 2 fully saturated rings. The zero-order valence-electron chi connectivity index (χ0n) is 16.7. The molecular weight excluding hydrogens is 358 g/mol. The van der Waals surface area contributed by atoms with E-state index in [4.69, 9.17) is 4.99 Å². The quantitative estimate of drug-likeness (QED) is 0.573. The third kappa shape index (κ3) is 5.15. The van der Waals surface area contributed by atoms with Crippen molar-refractivity contribution in [1.82, 2.24) is 15.1 Å². The van der Waals surface area contributed by atoms with E-state index in [1.54, 1.807) is 0 Å². The lowest BCUT2D eigenvalue weighted by Gasteiger charge is -2.37. The maximum absolute atomic E-state index is 12.0. The smallest absolute Gasteiger partial charge is 0.222 e. The number of carbonyl (C=O) groups excluding carboxylic acids is 1. The van der Waals surface area contributed by atoms with Gasteiger partial charge in [0.1, 0.15) is 0 Å². The molecule has 0 radical (unpaired) electrons. The molecule has 0 spiro atoms. The van der Waals surface area contributed by atoms with E-state index in [0.29, 0.717) is 11.9 Å². The lowest BCUT2D eigenvalue weighted by Crippen LogP contribution is -2.52. The van der Waals surface area contributed by atoms with Gasteiger partial charge in [-0.25, -0.2) is 0 Å². The summed E-state index contributed by atoms with van der Waals surface area (Å²) in [5.74, 6) is 1.34. The first-order chi connectivity index (χ1) is 13.2. The van der Waals surface area contributed by atoms with Crippen molar-refractivity contribution in [3.8, 4) is 0 Å². The number of thiophene rings is 1. The van der Waals surface area contributed by atoms with Crippen LogP contribution < -0.4 is 10.2 Å². The maximum Gasteiger partial charge on any atom is 0.222 e. The van der Waals surface area contributed by atoms with Gasteiger partial charge in [0.15, 0.2) is 5.96 Å². The fourth-order valence-corrected chi connectivity index (χ4v) is 4.75. The van der Waals surface area contributed by atoms with Crippen LogP contribution in [0.3, 0.4) is 0 Å². The van der Waals surface area contributed by atoms with Crippen LogP contribution in [-0.2, 0) is 4.79 Å². The van der Waals surface area contributed by atoms with Gasteiger partial charge in [-0.3, -0.25) is 9.79 Å². The van der Waals surface area contributed by atoms with Crippen LogP contribution in [0.1, 0.15) is 39.5 Å². The molecular formula is C20H33N5OS. The molecule has 2 saturated heterocycles. The zero-order chi connectivity index (χ0) is 19.1. The second-order valence-corrected chi connectivity index (χ2v) is 8.13. The average molecular weight is 392 g/mol. The Hall–Kier alpha value is -1.76. The van der Waals surface area contributed by atoms with Gasteiger partial charge in [0.25, 0.3) is 0 Å². The molecule has 1 aromatic rings. The summed E-state index contributed by atoms with van der Waals surface area (Å²) in [7, 11) is 0. The van der Waals surface area contributed by atoms with Gasteiger partial charge in [-0.1, -0.05) is 6.92 Å². The Morgan fingerprint density at radius 1 is 1.26 bits per heavy atom. The minimum atomic E-state index is 0.322. The number of nitrogens with one attached hydrogen (secondary N) is 1. The third-order valence-corrected chi connectivity index (χ3v) is 6.41. The van der Waals surface area contributed by atoms with Crippen LogP contribution in [0.4, 0.5) is 5.00 Å². The van der Waals surface area contributed by atoms with Gasteiger partial charge in [0.05, 0.1) is 5.00 Å². The van der Waals surface area contributed by atoms with Crippen LogP contribution in [0.15, 0.2) is 22.5 Å². The Labute approximate surface area is 167 Å². The normalized spacial score (nSPS) is 19.7. The van der Waals surface area contributed by atoms with Crippen molar-refractivity contribution in [2.24, 2.45) is 4.99 Å². The second kappa shape index (κ2) is 9.97. The first kappa shape index (κ1) is 20.0. The van der Waals surface area contributed by atoms with Gasteiger partial charge in [0.2, 0.25) is 5.91 Å². The van der Waals surface area contributed by atoms with Crippen molar-refractivity contribution < 1.29 is 4.79 Å². The number of anilines is 1. The van der Waals surface area contributed by atoms with Crippen molar-refractivity contribution in [3.63, 3.8) is 0 Å². The van der Waals surface area contributed by atoms with Crippen molar-refractivity contribution in [2.45, 2.75) is 45.6 Å². The highest BCUT2D eigenvalue weighted by Crippen LogP contribution is 2.22. The summed E-state index contributed by atoms with van der Waals surface area (Å²) in [4.78, 5) is 23.8. The molecule has 0 aliphatic carbocycles. The Morgan fingerprint density at radius 3 is 2.67 bits per heavy atom. The lowest BCUT2D eigenvalue weighted by molar-refractivity contribution is -0.129. The fraction of sp³-hybridized carbons (Fsp3) is 0.700. The molecule has 3 rings (SSSR count). The SMILES string of the molecule is CCNC(=NCCC(CC)N1CCCC1=O)N1CCN(c2cccs2)CC1.